The minimum Gasteiger partial charge on any atom is -0.370 e. The lowest BCUT2D eigenvalue weighted by Gasteiger charge is -2.34. The van der Waals surface area contributed by atoms with E-state index < -0.39 is 9.84 Å². The van der Waals surface area contributed by atoms with Crippen LogP contribution in [0.4, 0.5) is 5.69 Å². The molecule has 0 spiro atoms. The van der Waals surface area contributed by atoms with Gasteiger partial charge in [-0.05, 0) is 46.7 Å². The van der Waals surface area contributed by atoms with Crippen molar-refractivity contribution in [3.8, 4) is 0 Å². The van der Waals surface area contributed by atoms with Gasteiger partial charge in [-0.1, -0.05) is 6.92 Å². The molecule has 4 nitrogen and oxygen atoms in total. The third kappa shape index (κ3) is 3.19. The van der Waals surface area contributed by atoms with Gasteiger partial charge >= 0.3 is 0 Å². The number of thiophene rings is 1. The zero-order chi connectivity index (χ0) is 15.6. The van der Waals surface area contributed by atoms with E-state index in [1.54, 1.807) is 30.4 Å². The number of ether oxygens (including phenoxy) is 1. The molecule has 3 rings (SSSR count). The van der Waals surface area contributed by atoms with Crippen molar-refractivity contribution < 1.29 is 13.2 Å². The number of anilines is 1. The van der Waals surface area contributed by atoms with Crippen molar-refractivity contribution in [3.63, 3.8) is 0 Å². The number of hydrogen-bond acceptors (Lipinski definition) is 5. The van der Waals surface area contributed by atoms with Gasteiger partial charge in [-0.15, -0.1) is 0 Å². The first-order valence-corrected chi connectivity index (χ1v) is 9.91. The predicted molar refractivity (Wildman–Crippen MR) is 89.4 cm³/mol. The molecule has 118 valence electrons. The maximum atomic E-state index is 11.9. The van der Waals surface area contributed by atoms with Crippen molar-refractivity contribution in [2.45, 2.75) is 17.9 Å². The second-order valence-electron chi connectivity index (χ2n) is 5.26. The van der Waals surface area contributed by atoms with Crippen molar-refractivity contribution in [3.05, 3.63) is 46.7 Å². The molecule has 1 aromatic carbocycles. The Balaban J connectivity index is 1.76. The topological polar surface area (TPSA) is 46.6 Å². The van der Waals surface area contributed by atoms with Gasteiger partial charge in [0.2, 0.25) is 0 Å². The fourth-order valence-corrected chi connectivity index (χ4v) is 4.16. The van der Waals surface area contributed by atoms with Gasteiger partial charge in [-0.3, -0.25) is 0 Å². The van der Waals surface area contributed by atoms with E-state index in [1.807, 2.05) is 12.1 Å². The molecule has 1 aromatic heterocycles. The largest absolute Gasteiger partial charge is 0.370 e. The lowest BCUT2D eigenvalue weighted by atomic mass is 10.1. The number of rotatable bonds is 4. The molecule has 6 heteroatoms. The summed E-state index contributed by atoms with van der Waals surface area (Å²) in [6, 6.07) is 9.26. The maximum absolute atomic E-state index is 11.9. The summed E-state index contributed by atoms with van der Waals surface area (Å²) in [5.74, 6) is 0.129. The van der Waals surface area contributed by atoms with Gasteiger partial charge in [0, 0.05) is 18.8 Å². The van der Waals surface area contributed by atoms with Crippen LogP contribution in [0.15, 0.2) is 46.0 Å². The molecule has 1 fully saturated rings. The fraction of sp³-hybridized carbons (Fsp3) is 0.375. The third-order valence-corrected chi connectivity index (χ3v) is 6.37. The number of nitrogens with zero attached hydrogens (tertiary/aromatic N) is 1. The van der Waals surface area contributed by atoms with Crippen molar-refractivity contribution in [2.75, 3.05) is 30.3 Å². The monoisotopic (exact) mass is 337 g/mol. The van der Waals surface area contributed by atoms with E-state index in [0.717, 1.165) is 18.8 Å². The van der Waals surface area contributed by atoms with Crippen LogP contribution in [0.25, 0.3) is 0 Å². The smallest absolute Gasteiger partial charge is 0.178 e. The second kappa shape index (κ2) is 6.40. The van der Waals surface area contributed by atoms with E-state index in [2.05, 4.69) is 21.7 Å². The summed E-state index contributed by atoms with van der Waals surface area (Å²) in [6.45, 7) is 3.95. The molecular formula is C16H19NO3S2. The highest BCUT2D eigenvalue weighted by Crippen LogP contribution is 2.28. The molecule has 1 aliphatic rings. The molecule has 2 heterocycles. The zero-order valence-corrected chi connectivity index (χ0v) is 14.1. The van der Waals surface area contributed by atoms with E-state index >= 15 is 0 Å². The highest BCUT2D eigenvalue weighted by Gasteiger charge is 2.22. The van der Waals surface area contributed by atoms with Crippen molar-refractivity contribution in [1.29, 1.82) is 0 Å². The summed E-state index contributed by atoms with van der Waals surface area (Å²) in [6.07, 6.45) is 0.0825. The van der Waals surface area contributed by atoms with Crippen LogP contribution in [-0.4, -0.2) is 33.9 Å². The van der Waals surface area contributed by atoms with E-state index in [0.29, 0.717) is 11.5 Å². The molecule has 0 amide bonds. The van der Waals surface area contributed by atoms with Crippen LogP contribution in [-0.2, 0) is 14.6 Å². The summed E-state index contributed by atoms with van der Waals surface area (Å²) in [5, 5.41) is 4.17. The SMILES string of the molecule is CCS(=O)(=O)c1ccc(N2CCO[C@H](c3ccsc3)C2)cc1. The molecule has 0 bridgehead atoms. The van der Waals surface area contributed by atoms with Crippen LogP contribution < -0.4 is 4.90 Å². The molecule has 0 aliphatic carbocycles. The van der Waals surface area contributed by atoms with Crippen molar-refractivity contribution in [1.82, 2.24) is 0 Å². The van der Waals surface area contributed by atoms with Crippen LogP contribution in [0.1, 0.15) is 18.6 Å². The predicted octanol–water partition coefficient (Wildman–Crippen LogP) is 3.12. The van der Waals surface area contributed by atoms with Crippen LogP contribution in [0, 0.1) is 0 Å². The highest BCUT2D eigenvalue weighted by atomic mass is 32.2. The Morgan fingerprint density at radius 3 is 2.68 bits per heavy atom. The molecule has 0 radical (unpaired) electrons. The minimum absolute atomic E-state index is 0.0825. The standard InChI is InChI=1S/C16H19NO3S2/c1-2-22(18,19)15-5-3-14(4-6-15)17-8-9-20-16(11-17)13-7-10-21-12-13/h3-7,10,12,16H,2,8-9,11H2,1H3/t16-/m0/s1. The quantitative estimate of drug-likeness (QED) is 0.860. The van der Waals surface area contributed by atoms with Crippen LogP contribution in [0.2, 0.25) is 0 Å². The Morgan fingerprint density at radius 1 is 1.27 bits per heavy atom. The maximum Gasteiger partial charge on any atom is 0.178 e. The molecule has 0 saturated carbocycles. The molecule has 2 aromatic rings. The Morgan fingerprint density at radius 2 is 2.05 bits per heavy atom. The fourth-order valence-electron chi connectivity index (χ4n) is 2.57. The van der Waals surface area contributed by atoms with Crippen LogP contribution in [0.5, 0.6) is 0 Å². The molecule has 0 unspecified atom stereocenters. The molecular weight excluding hydrogens is 318 g/mol. The van der Waals surface area contributed by atoms with E-state index in [4.69, 9.17) is 4.74 Å². The van der Waals surface area contributed by atoms with Gasteiger partial charge in [0.1, 0.15) is 6.10 Å². The van der Waals surface area contributed by atoms with Crippen molar-refractivity contribution >= 4 is 26.9 Å². The van der Waals surface area contributed by atoms with Crippen molar-refractivity contribution in [2.24, 2.45) is 0 Å². The normalized spacial score (nSPS) is 19.3. The Hall–Kier alpha value is -1.37. The molecule has 22 heavy (non-hydrogen) atoms. The number of morpholine rings is 1. The van der Waals surface area contributed by atoms with E-state index in [1.165, 1.54) is 5.56 Å². The molecule has 0 N–H and O–H groups in total. The molecule has 1 atom stereocenters. The Labute approximate surface area is 135 Å². The average molecular weight is 337 g/mol. The van der Waals surface area contributed by atoms with Crippen LogP contribution >= 0.6 is 11.3 Å². The van der Waals surface area contributed by atoms with Gasteiger partial charge in [0.15, 0.2) is 9.84 Å². The molecule has 1 aliphatic heterocycles. The highest BCUT2D eigenvalue weighted by molar-refractivity contribution is 7.91. The summed E-state index contributed by atoms with van der Waals surface area (Å²) in [5.41, 5.74) is 2.25. The molecule has 1 saturated heterocycles. The summed E-state index contributed by atoms with van der Waals surface area (Å²) in [7, 11) is -3.13. The number of sulfone groups is 1. The second-order valence-corrected chi connectivity index (χ2v) is 8.32. The summed E-state index contributed by atoms with van der Waals surface area (Å²) in [4.78, 5) is 2.63. The van der Waals surface area contributed by atoms with Gasteiger partial charge in [0.25, 0.3) is 0 Å². The third-order valence-electron chi connectivity index (χ3n) is 3.92. The lowest BCUT2D eigenvalue weighted by molar-refractivity contribution is 0.0401. The Bertz CT molecular complexity index is 708. The number of benzene rings is 1. The first-order chi connectivity index (χ1) is 10.6. The van der Waals surface area contributed by atoms with E-state index in [9.17, 15) is 8.42 Å². The van der Waals surface area contributed by atoms with Gasteiger partial charge in [-0.25, -0.2) is 8.42 Å². The summed E-state index contributed by atoms with van der Waals surface area (Å²) >= 11 is 1.67. The van der Waals surface area contributed by atoms with E-state index in [-0.39, 0.29) is 11.9 Å². The first-order valence-electron chi connectivity index (χ1n) is 7.31. The number of hydrogen-bond donors (Lipinski definition) is 0. The average Bonchev–Trinajstić information content (AvgIpc) is 3.10. The minimum atomic E-state index is -3.13. The van der Waals surface area contributed by atoms with Gasteiger partial charge < -0.3 is 9.64 Å². The first kappa shape index (κ1) is 15.5. The van der Waals surface area contributed by atoms with Gasteiger partial charge in [0.05, 0.1) is 17.3 Å². The van der Waals surface area contributed by atoms with Gasteiger partial charge in [-0.2, -0.15) is 11.3 Å². The van der Waals surface area contributed by atoms with Crippen LogP contribution in [0.3, 0.4) is 0 Å². The summed E-state index contributed by atoms with van der Waals surface area (Å²) < 4.78 is 29.6. The zero-order valence-electron chi connectivity index (χ0n) is 12.4. The lowest BCUT2D eigenvalue weighted by Crippen LogP contribution is -2.38. The Kier molecular flexibility index (Phi) is 4.52.